The lowest BCUT2D eigenvalue weighted by molar-refractivity contribution is -0.122. The Balaban J connectivity index is 1.17. The summed E-state index contributed by atoms with van der Waals surface area (Å²) in [5.41, 5.74) is 2.36. The second kappa shape index (κ2) is 9.37. The Morgan fingerprint density at radius 2 is 1.66 bits per heavy atom. The third-order valence-electron chi connectivity index (χ3n) is 5.82. The summed E-state index contributed by atoms with van der Waals surface area (Å²) in [6.07, 6.45) is 1.01. The molecular formula is C23H29FN4O. The Labute approximate surface area is 172 Å². The SMILES string of the molecule is O=C(CN1CCN(c2ccc(F)cc2)CC1)N[C@H]1CCN(Cc2ccccc2)C1. The molecular weight excluding hydrogens is 367 g/mol. The molecule has 2 aromatic carbocycles. The van der Waals surface area contributed by atoms with Crippen LogP contribution in [0.2, 0.25) is 0 Å². The van der Waals surface area contributed by atoms with Crippen molar-refractivity contribution in [1.82, 2.24) is 15.1 Å². The Bertz CT molecular complexity index is 790. The minimum absolute atomic E-state index is 0.117. The van der Waals surface area contributed by atoms with Gasteiger partial charge < -0.3 is 10.2 Å². The largest absolute Gasteiger partial charge is 0.369 e. The number of rotatable bonds is 6. The van der Waals surface area contributed by atoms with Gasteiger partial charge in [-0.25, -0.2) is 4.39 Å². The summed E-state index contributed by atoms with van der Waals surface area (Å²) in [6, 6.07) is 17.4. The average molecular weight is 397 g/mol. The molecule has 154 valence electrons. The predicted molar refractivity (Wildman–Crippen MR) is 113 cm³/mol. The number of carbonyl (C=O) groups is 1. The molecule has 6 heteroatoms. The third kappa shape index (κ3) is 5.55. The molecule has 1 N–H and O–H groups in total. The van der Waals surface area contributed by atoms with Gasteiger partial charge in [-0.3, -0.25) is 14.6 Å². The van der Waals surface area contributed by atoms with Crippen molar-refractivity contribution >= 4 is 11.6 Å². The number of anilines is 1. The van der Waals surface area contributed by atoms with Crippen LogP contribution < -0.4 is 10.2 Å². The number of nitrogens with zero attached hydrogens (tertiary/aromatic N) is 3. The first-order valence-corrected chi connectivity index (χ1v) is 10.4. The van der Waals surface area contributed by atoms with Gasteiger partial charge in [0.05, 0.1) is 6.54 Å². The fourth-order valence-electron chi connectivity index (χ4n) is 4.23. The normalized spacial score (nSPS) is 20.7. The maximum Gasteiger partial charge on any atom is 0.234 e. The maximum atomic E-state index is 13.1. The lowest BCUT2D eigenvalue weighted by Gasteiger charge is -2.35. The van der Waals surface area contributed by atoms with Crippen molar-refractivity contribution in [3.05, 3.63) is 66.0 Å². The van der Waals surface area contributed by atoms with Crippen molar-refractivity contribution in [3.8, 4) is 0 Å². The van der Waals surface area contributed by atoms with E-state index in [1.807, 2.05) is 18.2 Å². The van der Waals surface area contributed by atoms with E-state index in [1.165, 1.54) is 17.7 Å². The minimum atomic E-state index is -0.210. The van der Waals surface area contributed by atoms with Crippen molar-refractivity contribution in [2.24, 2.45) is 0 Å². The number of hydrogen-bond acceptors (Lipinski definition) is 4. The highest BCUT2D eigenvalue weighted by Gasteiger charge is 2.25. The smallest absolute Gasteiger partial charge is 0.234 e. The van der Waals surface area contributed by atoms with Crippen LogP contribution in [-0.2, 0) is 11.3 Å². The molecule has 2 fully saturated rings. The minimum Gasteiger partial charge on any atom is -0.369 e. The van der Waals surface area contributed by atoms with Crippen molar-refractivity contribution < 1.29 is 9.18 Å². The zero-order valence-electron chi connectivity index (χ0n) is 16.8. The number of hydrogen-bond donors (Lipinski definition) is 1. The van der Waals surface area contributed by atoms with Crippen molar-refractivity contribution in [3.63, 3.8) is 0 Å². The number of carbonyl (C=O) groups excluding carboxylic acids is 1. The van der Waals surface area contributed by atoms with Crippen LogP contribution in [0.5, 0.6) is 0 Å². The molecule has 0 saturated carbocycles. The zero-order valence-corrected chi connectivity index (χ0v) is 16.8. The van der Waals surface area contributed by atoms with Crippen LogP contribution in [0.3, 0.4) is 0 Å². The number of amides is 1. The molecule has 2 aliphatic heterocycles. The van der Waals surface area contributed by atoms with Gasteiger partial charge in [-0.15, -0.1) is 0 Å². The van der Waals surface area contributed by atoms with Crippen LogP contribution >= 0.6 is 0 Å². The van der Waals surface area contributed by atoms with E-state index in [2.05, 4.69) is 44.3 Å². The second-order valence-corrected chi connectivity index (χ2v) is 8.01. The lowest BCUT2D eigenvalue weighted by Crippen LogP contribution is -2.50. The summed E-state index contributed by atoms with van der Waals surface area (Å²) in [6.45, 7) is 6.73. The molecule has 1 atom stereocenters. The summed E-state index contributed by atoms with van der Waals surface area (Å²) in [5.74, 6) is -0.0925. The van der Waals surface area contributed by atoms with E-state index in [-0.39, 0.29) is 17.8 Å². The highest BCUT2D eigenvalue weighted by atomic mass is 19.1. The molecule has 0 spiro atoms. The molecule has 5 nitrogen and oxygen atoms in total. The average Bonchev–Trinajstić information content (AvgIpc) is 3.16. The van der Waals surface area contributed by atoms with Crippen molar-refractivity contribution in [2.45, 2.75) is 19.0 Å². The predicted octanol–water partition coefficient (Wildman–Crippen LogP) is 2.34. The van der Waals surface area contributed by atoms with Gasteiger partial charge in [-0.1, -0.05) is 30.3 Å². The summed E-state index contributed by atoms with van der Waals surface area (Å²) in [7, 11) is 0. The molecule has 0 unspecified atom stereocenters. The Kier molecular flexibility index (Phi) is 6.42. The van der Waals surface area contributed by atoms with Crippen LogP contribution in [0.25, 0.3) is 0 Å². The number of likely N-dealkylation sites (tertiary alicyclic amines) is 1. The second-order valence-electron chi connectivity index (χ2n) is 8.01. The van der Waals surface area contributed by atoms with Gasteiger partial charge in [-0.2, -0.15) is 0 Å². The van der Waals surface area contributed by atoms with E-state index >= 15 is 0 Å². The first-order valence-electron chi connectivity index (χ1n) is 10.4. The molecule has 29 heavy (non-hydrogen) atoms. The van der Waals surface area contributed by atoms with Gasteiger partial charge in [0.25, 0.3) is 0 Å². The van der Waals surface area contributed by atoms with Gasteiger partial charge >= 0.3 is 0 Å². The van der Waals surface area contributed by atoms with Crippen LogP contribution in [0.1, 0.15) is 12.0 Å². The molecule has 2 saturated heterocycles. The highest BCUT2D eigenvalue weighted by molar-refractivity contribution is 5.78. The molecule has 4 rings (SSSR count). The fourth-order valence-corrected chi connectivity index (χ4v) is 4.23. The zero-order chi connectivity index (χ0) is 20.1. The molecule has 0 aromatic heterocycles. The summed E-state index contributed by atoms with van der Waals surface area (Å²) in [4.78, 5) is 19.3. The number of halogens is 1. The van der Waals surface area contributed by atoms with E-state index in [4.69, 9.17) is 0 Å². The molecule has 0 bridgehead atoms. The molecule has 2 aromatic rings. The summed E-state index contributed by atoms with van der Waals surface area (Å²) < 4.78 is 13.1. The molecule has 0 aliphatic carbocycles. The fraction of sp³-hybridized carbons (Fsp3) is 0.435. The van der Waals surface area contributed by atoms with E-state index < -0.39 is 0 Å². The first kappa shape index (κ1) is 19.9. The monoisotopic (exact) mass is 396 g/mol. The Morgan fingerprint density at radius 3 is 2.38 bits per heavy atom. The molecule has 1 amide bonds. The molecule has 2 aliphatic rings. The van der Waals surface area contributed by atoms with E-state index in [1.54, 1.807) is 0 Å². The van der Waals surface area contributed by atoms with Crippen LogP contribution in [0, 0.1) is 5.82 Å². The molecule has 0 radical (unpaired) electrons. The number of piperazine rings is 1. The van der Waals surface area contributed by atoms with Crippen LogP contribution in [0.15, 0.2) is 54.6 Å². The van der Waals surface area contributed by atoms with Crippen molar-refractivity contribution in [1.29, 1.82) is 0 Å². The Hall–Kier alpha value is -2.44. The quantitative estimate of drug-likeness (QED) is 0.814. The first-order chi connectivity index (χ1) is 14.2. The van der Waals surface area contributed by atoms with Crippen molar-refractivity contribution in [2.75, 3.05) is 50.7 Å². The summed E-state index contributed by atoms with van der Waals surface area (Å²) >= 11 is 0. The van der Waals surface area contributed by atoms with Crippen LogP contribution in [-0.4, -0.2) is 67.6 Å². The number of benzene rings is 2. The Morgan fingerprint density at radius 1 is 0.931 bits per heavy atom. The lowest BCUT2D eigenvalue weighted by atomic mass is 10.2. The third-order valence-corrected chi connectivity index (χ3v) is 5.82. The van der Waals surface area contributed by atoms with E-state index in [0.29, 0.717) is 6.54 Å². The highest BCUT2D eigenvalue weighted by Crippen LogP contribution is 2.17. The van der Waals surface area contributed by atoms with Gasteiger partial charge in [0.2, 0.25) is 5.91 Å². The standard InChI is InChI=1S/C23H29FN4O/c24-20-6-8-22(9-7-20)28-14-12-26(13-15-28)18-23(29)25-21-10-11-27(17-21)16-19-4-2-1-3-5-19/h1-9,21H,10-18H2,(H,25,29)/t21-/m0/s1. The van der Waals surface area contributed by atoms with Gasteiger partial charge in [0.1, 0.15) is 5.82 Å². The van der Waals surface area contributed by atoms with Gasteiger partial charge in [0.15, 0.2) is 0 Å². The number of nitrogens with one attached hydrogen (secondary N) is 1. The molecule has 2 heterocycles. The van der Waals surface area contributed by atoms with E-state index in [0.717, 1.165) is 57.9 Å². The topological polar surface area (TPSA) is 38.8 Å². The maximum absolute atomic E-state index is 13.1. The van der Waals surface area contributed by atoms with Gasteiger partial charge in [0, 0.05) is 57.5 Å². The van der Waals surface area contributed by atoms with Gasteiger partial charge in [-0.05, 0) is 36.2 Å². The van der Waals surface area contributed by atoms with E-state index in [9.17, 15) is 9.18 Å². The summed E-state index contributed by atoms with van der Waals surface area (Å²) in [5, 5.41) is 3.21. The van der Waals surface area contributed by atoms with Crippen LogP contribution in [0.4, 0.5) is 10.1 Å².